The maximum Gasteiger partial charge on any atom is 0.416 e. The predicted octanol–water partition coefficient (Wildman–Crippen LogP) is 2.47. The first-order chi connectivity index (χ1) is 10.3. The molecule has 1 aromatic carbocycles. The second-order valence-corrected chi connectivity index (χ2v) is 5.49. The quantitative estimate of drug-likeness (QED) is 0.897. The van der Waals surface area contributed by atoms with Crippen LogP contribution in [0.5, 0.6) is 5.75 Å². The molecule has 3 N–H and O–H groups in total. The minimum Gasteiger partial charge on any atom is -0.484 e. The average Bonchev–Trinajstić information content (AvgIpc) is 2.47. The molecule has 0 radical (unpaired) electrons. The summed E-state index contributed by atoms with van der Waals surface area (Å²) in [5.41, 5.74) is 4.98. The number of alkyl halides is 3. The number of benzene rings is 1. The van der Waals surface area contributed by atoms with E-state index in [1.54, 1.807) is 0 Å². The molecule has 0 spiro atoms. The van der Waals surface area contributed by atoms with Crippen LogP contribution in [0.4, 0.5) is 13.2 Å². The smallest absolute Gasteiger partial charge is 0.416 e. The second kappa shape index (κ2) is 7.00. The minimum absolute atomic E-state index is 0.0237. The van der Waals surface area contributed by atoms with Crippen LogP contribution in [-0.4, -0.2) is 24.6 Å². The van der Waals surface area contributed by atoms with Gasteiger partial charge in [0.2, 0.25) is 0 Å². The molecule has 1 amide bonds. The summed E-state index contributed by atoms with van der Waals surface area (Å²) in [6.07, 6.45) is -1.08. The van der Waals surface area contributed by atoms with Gasteiger partial charge < -0.3 is 15.8 Å². The van der Waals surface area contributed by atoms with Crippen molar-refractivity contribution in [2.24, 2.45) is 5.73 Å². The van der Waals surface area contributed by atoms with Gasteiger partial charge in [-0.15, -0.1) is 0 Å². The van der Waals surface area contributed by atoms with Crippen LogP contribution in [0, 0.1) is 0 Å². The van der Waals surface area contributed by atoms with Gasteiger partial charge in [-0.25, -0.2) is 0 Å². The normalized spacial score (nSPS) is 22.2. The Hall–Kier alpha value is -1.76. The van der Waals surface area contributed by atoms with E-state index in [2.05, 4.69) is 5.32 Å². The molecule has 0 unspecified atom stereocenters. The molecule has 0 atom stereocenters. The maximum atomic E-state index is 12.6. The molecule has 1 aliphatic carbocycles. The molecule has 2 rings (SSSR count). The molecule has 0 heterocycles. The van der Waals surface area contributed by atoms with Gasteiger partial charge in [0.05, 0.1) is 5.56 Å². The first-order valence-electron chi connectivity index (χ1n) is 7.19. The van der Waals surface area contributed by atoms with Gasteiger partial charge >= 0.3 is 6.18 Å². The molecule has 0 aromatic heterocycles. The zero-order valence-electron chi connectivity index (χ0n) is 12.0. The van der Waals surface area contributed by atoms with Crippen LogP contribution in [0.15, 0.2) is 24.3 Å². The lowest BCUT2D eigenvalue weighted by atomic mass is 9.92. The van der Waals surface area contributed by atoms with Crippen LogP contribution in [0.2, 0.25) is 0 Å². The second-order valence-electron chi connectivity index (χ2n) is 5.49. The Morgan fingerprint density at radius 2 is 1.95 bits per heavy atom. The Morgan fingerprint density at radius 3 is 2.59 bits per heavy atom. The van der Waals surface area contributed by atoms with E-state index in [9.17, 15) is 18.0 Å². The molecule has 0 bridgehead atoms. The number of hydrogen-bond acceptors (Lipinski definition) is 3. The van der Waals surface area contributed by atoms with E-state index in [0.717, 1.165) is 37.8 Å². The molecule has 22 heavy (non-hydrogen) atoms. The van der Waals surface area contributed by atoms with Crippen molar-refractivity contribution in [1.82, 2.24) is 5.32 Å². The molecular weight excluding hydrogens is 297 g/mol. The molecule has 122 valence electrons. The summed E-state index contributed by atoms with van der Waals surface area (Å²) in [5, 5.41) is 2.81. The number of halogens is 3. The number of carbonyl (C=O) groups is 1. The fourth-order valence-electron chi connectivity index (χ4n) is 2.44. The van der Waals surface area contributed by atoms with Crippen LogP contribution >= 0.6 is 0 Å². The van der Waals surface area contributed by atoms with E-state index in [4.69, 9.17) is 10.5 Å². The van der Waals surface area contributed by atoms with Gasteiger partial charge in [-0.2, -0.15) is 13.2 Å². The van der Waals surface area contributed by atoms with Gasteiger partial charge in [0, 0.05) is 12.1 Å². The monoisotopic (exact) mass is 316 g/mol. The molecule has 0 aliphatic heterocycles. The molecular formula is C15H19F3N2O2. The van der Waals surface area contributed by atoms with E-state index in [0.29, 0.717) is 0 Å². The van der Waals surface area contributed by atoms with Crippen LogP contribution in [0.25, 0.3) is 0 Å². The lowest BCUT2D eigenvalue weighted by Crippen LogP contribution is -2.42. The Bertz CT molecular complexity index is 512. The summed E-state index contributed by atoms with van der Waals surface area (Å²) in [4.78, 5) is 11.8. The summed E-state index contributed by atoms with van der Waals surface area (Å²) in [6, 6.07) is 4.73. The van der Waals surface area contributed by atoms with Crippen molar-refractivity contribution in [2.75, 3.05) is 6.61 Å². The number of nitrogens with two attached hydrogens (primary N) is 1. The first kappa shape index (κ1) is 16.6. The van der Waals surface area contributed by atoms with Crippen LogP contribution < -0.4 is 15.8 Å². The predicted molar refractivity (Wildman–Crippen MR) is 75.3 cm³/mol. The van der Waals surface area contributed by atoms with Crippen LogP contribution in [0.1, 0.15) is 31.2 Å². The molecule has 4 nitrogen and oxygen atoms in total. The Labute approximate surface area is 126 Å². The zero-order valence-corrected chi connectivity index (χ0v) is 12.0. The summed E-state index contributed by atoms with van der Waals surface area (Å²) in [5.74, 6) is -0.312. The van der Waals surface area contributed by atoms with E-state index >= 15 is 0 Å². The molecule has 0 saturated heterocycles. The summed E-state index contributed by atoms with van der Waals surface area (Å²) in [6.45, 7) is -0.302. The molecule has 1 aromatic rings. The van der Waals surface area contributed by atoms with Gasteiger partial charge in [0.25, 0.3) is 5.91 Å². The third kappa shape index (κ3) is 4.91. The van der Waals surface area contributed by atoms with Crippen molar-refractivity contribution >= 4 is 5.91 Å². The van der Waals surface area contributed by atoms with Crippen molar-refractivity contribution in [3.8, 4) is 5.75 Å². The van der Waals surface area contributed by atoms with Gasteiger partial charge in [-0.05, 0) is 43.9 Å². The lowest BCUT2D eigenvalue weighted by molar-refractivity contribution is -0.137. The fourth-order valence-corrected chi connectivity index (χ4v) is 2.44. The topological polar surface area (TPSA) is 64.3 Å². The minimum atomic E-state index is -4.43. The van der Waals surface area contributed by atoms with Crippen molar-refractivity contribution in [2.45, 2.75) is 43.9 Å². The lowest BCUT2D eigenvalue weighted by Gasteiger charge is -2.26. The van der Waals surface area contributed by atoms with Crippen LogP contribution in [0.3, 0.4) is 0 Å². The first-order valence-corrected chi connectivity index (χ1v) is 7.19. The van der Waals surface area contributed by atoms with Gasteiger partial charge in [0.15, 0.2) is 6.61 Å². The number of carbonyl (C=O) groups excluding carboxylic acids is 1. The van der Waals surface area contributed by atoms with E-state index in [1.807, 2.05) is 0 Å². The van der Waals surface area contributed by atoms with Gasteiger partial charge in [-0.3, -0.25) is 4.79 Å². The highest BCUT2D eigenvalue weighted by molar-refractivity contribution is 5.77. The Kier molecular flexibility index (Phi) is 5.28. The fraction of sp³-hybridized carbons (Fsp3) is 0.533. The Morgan fingerprint density at radius 1 is 1.27 bits per heavy atom. The van der Waals surface area contributed by atoms with Crippen molar-refractivity contribution in [1.29, 1.82) is 0 Å². The maximum absolute atomic E-state index is 12.6. The van der Waals surface area contributed by atoms with E-state index in [-0.39, 0.29) is 30.3 Å². The van der Waals surface area contributed by atoms with E-state index < -0.39 is 11.7 Å². The average molecular weight is 316 g/mol. The summed E-state index contributed by atoms with van der Waals surface area (Å²) >= 11 is 0. The molecule has 7 heteroatoms. The highest BCUT2D eigenvalue weighted by Crippen LogP contribution is 2.31. The number of amides is 1. The standard InChI is InChI=1S/C15H19F3N2O2/c16-15(17,18)10-2-1-3-13(8-10)22-9-14(21)20-12-6-4-11(19)5-7-12/h1-3,8,11-12H,4-7,9,19H2,(H,20,21). The largest absolute Gasteiger partial charge is 0.484 e. The third-order valence-electron chi connectivity index (χ3n) is 3.67. The highest BCUT2D eigenvalue weighted by atomic mass is 19.4. The number of nitrogens with one attached hydrogen (secondary N) is 1. The van der Waals surface area contributed by atoms with Gasteiger partial charge in [0.1, 0.15) is 5.75 Å². The molecule has 1 aliphatic rings. The number of hydrogen-bond donors (Lipinski definition) is 2. The SMILES string of the molecule is NC1CCC(NC(=O)COc2cccc(C(F)(F)F)c2)CC1. The van der Waals surface area contributed by atoms with Crippen molar-refractivity contribution in [3.05, 3.63) is 29.8 Å². The van der Waals surface area contributed by atoms with Crippen molar-refractivity contribution < 1.29 is 22.7 Å². The number of rotatable bonds is 4. The Balaban J connectivity index is 1.81. The van der Waals surface area contributed by atoms with E-state index in [1.165, 1.54) is 12.1 Å². The third-order valence-corrected chi connectivity index (χ3v) is 3.67. The summed E-state index contributed by atoms with van der Waals surface area (Å²) < 4.78 is 42.8. The van der Waals surface area contributed by atoms with Crippen molar-refractivity contribution in [3.63, 3.8) is 0 Å². The van der Waals surface area contributed by atoms with Crippen LogP contribution in [-0.2, 0) is 11.0 Å². The number of ether oxygens (including phenoxy) is 1. The molecule has 1 saturated carbocycles. The summed E-state index contributed by atoms with van der Waals surface area (Å²) in [7, 11) is 0. The molecule has 1 fully saturated rings. The zero-order chi connectivity index (χ0) is 16.2. The van der Waals surface area contributed by atoms with Gasteiger partial charge in [-0.1, -0.05) is 6.07 Å². The highest BCUT2D eigenvalue weighted by Gasteiger charge is 2.30.